The van der Waals surface area contributed by atoms with Gasteiger partial charge in [0.05, 0.1) is 0 Å². The van der Waals surface area contributed by atoms with Gasteiger partial charge in [-0.15, -0.1) is 0 Å². The fourth-order valence-electron chi connectivity index (χ4n) is 4.90. The number of unbranched alkanes of at least 4 members (excludes halogenated alkanes) is 1. The molecule has 0 fully saturated rings. The molecule has 0 atom stereocenters. The van der Waals surface area contributed by atoms with Crippen LogP contribution < -0.4 is 8.79 Å². The van der Waals surface area contributed by atoms with E-state index in [0.717, 1.165) is 0 Å². The van der Waals surface area contributed by atoms with E-state index in [4.69, 9.17) is 0 Å². The fourth-order valence-corrected chi connectivity index (χ4v) is 16.2. The van der Waals surface area contributed by atoms with Crippen molar-refractivity contribution in [3.05, 3.63) is 69.1 Å². The summed E-state index contributed by atoms with van der Waals surface area (Å²) < 4.78 is 3.29. The molecule has 0 N–H and O–H groups in total. The number of benzene rings is 2. The van der Waals surface area contributed by atoms with Gasteiger partial charge in [0.25, 0.3) is 0 Å². The maximum absolute atomic E-state index is 4.43. The Morgan fingerprint density at radius 3 is 1.40 bits per heavy atom. The van der Waals surface area contributed by atoms with Gasteiger partial charge in [-0.2, -0.15) is 0 Å². The van der Waals surface area contributed by atoms with Gasteiger partial charge in [-0.1, -0.05) is 0 Å². The zero-order valence-corrected chi connectivity index (χ0v) is 19.3. The molecule has 25 heavy (non-hydrogen) atoms. The first-order chi connectivity index (χ1) is 11.8. The quantitative estimate of drug-likeness (QED) is 0.557. The standard InChI is InChI=1S/C24H34Ge/c1-9-11-12-25(10-2,23-19(5)13-17(3)14-20(23)6)24-21(7)15-18(4)16-22(24)8/h10,13-16H,2,9,11-12H2,1,3-8H3. The molecule has 0 amide bonds. The van der Waals surface area contributed by atoms with Gasteiger partial charge in [0.2, 0.25) is 0 Å². The van der Waals surface area contributed by atoms with Crippen LogP contribution in [0.25, 0.3) is 0 Å². The van der Waals surface area contributed by atoms with E-state index in [0.29, 0.717) is 0 Å². The predicted octanol–water partition coefficient (Wildman–Crippen LogP) is 5.63. The third kappa shape index (κ3) is 3.79. The first-order valence-electron chi connectivity index (χ1n) is 9.57. The van der Waals surface area contributed by atoms with Gasteiger partial charge < -0.3 is 0 Å². The van der Waals surface area contributed by atoms with Crippen LogP contribution >= 0.6 is 0 Å². The van der Waals surface area contributed by atoms with Crippen molar-refractivity contribution in [2.24, 2.45) is 0 Å². The molecule has 0 saturated carbocycles. The minimum absolute atomic E-state index is 1.24. The van der Waals surface area contributed by atoms with Crippen LogP contribution in [-0.4, -0.2) is 13.3 Å². The Kier molecular flexibility index (Phi) is 6.37. The van der Waals surface area contributed by atoms with Crippen LogP contribution in [-0.2, 0) is 0 Å². The topological polar surface area (TPSA) is 0 Å². The molecule has 0 aliphatic heterocycles. The van der Waals surface area contributed by atoms with Crippen molar-refractivity contribution in [1.29, 1.82) is 0 Å². The molecule has 0 aromatic heterocycles. The first kappa shape index (κ1) is 20.0. The number of hydrogen-bond acceptors (Lipinski definition) is 0. The predicted molar refractivity (Wildman–Crippen MR) is 116 cm³/mol. The SMILES string of the molecule is C=[CH][Ge]([CH2]CCC)([c]1c(C)cc(C)cc1C)[c]1c(C)cc(C)cc1C. The van der Waals surface area contributed by atoms with E-state index in [-0.39, 0.29) is 0 Å². The molecule has 0 saturated heterocycles. The Balaban J connectivity index is 2.88. The van der Waals surface area contributed by atoms with E-state index in [1.165, 1.54) is 51.5 Å². The van der Waals surface area contributed by atoms with E-state index in [1.54, 1.807) is 8.79 Å². The van der Waals surface area contributed by atoms with E-state index in [9.17, 15) is 0 Å². The zero-order chi connectivity index (χ0) is 18.8. The van der Waals surface area contributed by atoms with Crippen LogP contribution in [0.3, 0.4) is 0 Å². The molecule has 0 spiro atoms. The second kappa shape index (κ2) is 7.95. The van der Waals surface area contributed by atoms with Crippen LogP contribution in [0.5, 0.6) is 0 Å². The van der Waals surface area contributed by atoms with Crippen LogP contribution in [0.4, 0.5) is 0 Å². The number of aryl methyl sites for hydroxylation is 6. The minimum atomic E-state index is -2.66. The second-order valence-electron chi connectivity index (χ2n) is 7.83. The molecule has 0 bridgehead atoms. The van der Waals surface area contributed by atoms with Gasteiger partial charge in [-0.05, 0) is 0 Å². The second-order valence-corrected chi connectivity index (χ2v) is 15.9. The number of rotatable bonds is 6. The van der Waals surface area contributed by atoms with Gasteiger partial charge >= 0.3 is 158 Å². The third-order valence-electron chi connectivity index (χ3n) is 5.52. The molecular weight excluding hydrogens is 361 g/mol. The average Bonchev–Trinajstić information content (AvgIpc) is 2.49. The van der Waals surface area contributed by atoms with Crippen molar-refractivity contribution >= 4 is 22.1 Å². The first-order valence-corrected chi connectivity index (χ1v) is 14.4. The summed E-state index contributed by atoms with van der Waals surface area (Å²) in [6, 6.07) is 9.49. The van der Waals surface area contributed by atoms with E-state index >= 15 is 0 Å². The molecule has 1 heteroatoms. The summed E-state index contributed by atoms with van der Waals surface area (Å²) in [4.78, 5) is 2.41. The van der Waals surface area contributed by atoms with Crippen molar-refractivity contribution in [1.82, 2.24) is 0 Å². The molecule has 0 nitrogen and oxygen atoms in total. The summed E-state index contributed by atoms with van der Waals surface area (Å²) in [7, 11) is 0. The van der Waals surface area contributed by atoms with Gasteiger partial charge in [-0.25, -0.2) is 0 Å². The molecule has 0 aliphatic rings. The Hall–Kier alpha value is -1.28. The summed E-state index contributed by atoms with van der Waals surface area (Å²) in [6.07, 6.45) is 2.53. The van der Waals surface area contributed by atoms with E-state index in [2.05, 4.69) is 84.2 Å². The summed E-state index contributed by atoms with van der Waals surface area (Å²) in [6.45, 7) is 20.4. The summed E-state index contributed by atoms with van der Waals surface area (Å²) in [5.74, 6) is 0. The molecular formula is C24H34Ge. The van der Waals surface area contributed by atoms with E-state index < -0.39 is 13.3 Å². The Labute approximate surface area is 157 Å². The number of hydrogen-bond donors (Lipinski definition) is 0. The molecule has 0 heterocycles. The van der Waals surface area contributed by atoms with Crippen LogP contribution in [0.2, 0.25) is 5.25 Å². The molecule has 0 aliphatic carbocycles. The molecule has 2 aromatic rings. The summed E-state index contributed by atoms with van der Waals surface area (Å²) >= 11 is -2.66. The average molecular weight is 395 g/mol. The van der Waals surface area contributed by atoms with E-state index in [1.807, 2.05) is 0 Å². The monoisotopic (exact) mass is 396 g/mol. The third-order valence-corrected chi connectivity index (χ3v) is 16.4. The Bertz CT molecular complexity index is 679. The van der Waals surface area contributed by atoms with Crippen LogP contribution in [0.15, 0.2) is 35.8 Å². The van der Waals surface area contributed by atoms with Crippen molar-refractivity contribution in [3.8, 4) is 0 Å². The van der Waals surface area contributed by atoms with Gasteiger partial charge in [0, 0.05) is 0 Å². The Morgan fingerprint density at radius 2 is 1.12 bits per heavy atom. The van der Waals surface area contributed by atoms with Gasteiger partial charge in [-0.3, -0.25) is 0 Å². The summed E-state index contributed by atoms with van der Waals surface area (Å²) in [5.41, 5.74) is 8.60. The van der Waals surface area contributed by atoms with Gasteiger partial charge in [0.1, 0.15) is 0 Å². The molecule has 134 valence electrons. The summed E-state index contributed by atoms with van der Waals surface area (Å²) in [5, 5.41) is 1.30. The fraction of sp³-hybridized carbons (Fsp3) is 0.417. The normalized spacial score (nSPS) is 11.6. The zero-order valence-electron chi connectivity index (χ0n) is 17.2. The molecule has 2 rings (SSSR count). The van der Waals surface area contributed by atoms with Gasteiger partial charge in [0.15, 0.2) is 0 Å². The van der Waals surface area contributed by atoms with Crippen molar-refractivity contribution < 1.29 is 0 Å². The van der Waals surface area contributed by atoms with Crippen LogP contribution in [0, 0.1) is 41.5 Å². The Morgan fingerprint density at radius 1 is 0.760 bits per heavy atom. The molecule has 0 unspecified atom stereocenters. The van der Waals surface area contributed by atoms with Crippen molar-refractivity contribution in [3.63, 3.8) is 0 Å². The van der Waals surface area contributed by atoms with Crippen molar-refractivity contribution in [2.45, 2.75) is 66.6 Å². The molecule has 2 aromatic carbocycles. The van der Waals surface area contributed by atoms with Crippen molar-refractivity contribution in [2.75, 3.05) is 0 Å². The maximum atomic E-state index is 4.43. The molecule has 0 radical (unpaired) electrons. The van der Waals surface area contributed by atoms with Crippen LogP contribution in [0.1, 0.15) is 53.1 Å².